The Balaban J connectivity index is 2.03. The predicted octanol–water partition coefficient (Wildman–Crippen LogP) is 3.11. The zero-order chi connectivity index (χ0) is 24.3. The number of rotatable bonds is 10. The number of hydrazine groups is 1. The van der Waals surface area contributed by atoms with E-state index in [0.29, 0.717) is 11.0 Å². The quantitative estimate of drug-likeness (QED) is 0.248. The molecule has 0 aliphatic carbocycles. The summed E-state index contributed by atoms with van der Waals surface area (Å²) in [7, 11) is -2.12. The second-order valence-electron chi connectivity index (χ2n) is 6.69. The highest BCUT2D eigenvalue weighted by Crippen LogP contribution is 2.40. The number of hydrogen-bond donors (Lipinski definition) is 2. The lowest BCUT2D eigenvalue weighted by molar-refractivity contribution is -0.0258. The van der Waals surface area contributed by atoms with Gasteiger partial charge in [-0.3, -0.25) is 24.9 Å². The highest BCUT2D eigenvalue weighted by atomic mass is 35.5. The molecule has 0 saturated heterocycles. The van der Waals surface area contributed by atoms with Crippen LogP contribution in [-0.2, 0) is 14.9 Å². The second-order valence-corrected chi connectivity index (χ2v) is 8.97. The molecule has 0 atom stereocenters. The summed E-state index contributed by atoms with van der Waals surface area (Å²) in [4.78, 5) is 40.3. The van der Waals surface area contributed by atoms with Crippen LogP contribution in [-0.4, -0.2) is 33.6 Å². The molecule has 0 heterocycles. The maximum atomic E-state index is 12.7. The monoisotopic (exact) mass is 493 g/mol. The Bertz CT molecular complexity index is 1360. The molecule has 2 N–H and O–H groups in total. The lowest BCUT2D eigenvalue weighted by Gasteiger charge is -2.27. The number of nitroso groups, excluding NO2 is 1. The Labute approximate surface area is 194 Å². The number of halogens is 1. The van der Waals surface area contributed by atoms with Crippen molar-refractivity contribution in [3.05, 3.63) is 72.8 Å². The number of nitrogens with one attached hydrogen (secondary N) is 2. The Hall–Kier alpha value is -3.32. The molecule has 0 saturated carbocycles. The number of nitrogens with zero attached hydrogens (tertiary/aromatic N) is 3. The van der Waals surface area contributed by atoms with Crippen molar-refractivity contribution in [2.24, 2.45) is 5.18 Å². The van der Waals surface area contributed by atoms with Crippen molar-refractivity contribution in [1.29, 1.82) is 0 Å². The molecule has 0 spiro atoms. The van der Waals surface area contributed by atoms with E-state index in [9.17, 15) is 22.9 Å². The van der Waals surface area contributed by atoms with Crippen LogP contribution in [0.5, 0.6) is 0 Å². The molecule has 11 nitrogen and oxygen atoms in total. The van der Waals surface area contributed by atoms with Crippen molar-refractivity contribution in [3.8, 4) is 0 Å². The number of anilines is 4. The van der Waals surface area contributed by atoms with E-state index in [4.69, 9.17) is 16.4 Å². The van der Waals surface area contributed by atoms with E-state index in [2.05, 4.69) is 15.9 Å². The summed E-state index contributed by atoms with van der Waals surface area (Å²) >= 11 is 6.05. The normalized spacial score (nSPS) is 11.5. The van der Waals surface area contributed by atoms with Crippen LogP contribution in [0.15, 0.2) is 62.1 Å². The predicted molar refractivity (Wildman–Crippen MR) is 127 cm³/mol. The second kappa shape index (κ2) is 9.67. The highest BCUT2D eigenvalue weighted by molar-refractivity contribution is 7.89. The van der Waals surface area contributed by atoms with Crippen molar-refractivity contribution in [1.82, 2.24) is 4.47 Å². The van der Waals surface area contributed by atoms with E-state index in [1.54, 1.807) is 5.01 Å². The molecule has 3 aromatic carbocycles. The average Bonchev–Trinajstić information content (AvgIpc) is 2.83. The van der Waals surface area contributed by atoms with Gasteiger partial charge in [0.2, 0.25) is 0 Å². The summed E-state index contributed by atoms with van der Waals surface area (Å²) in [6.45, 7) is 2.30. The van der Waals surface area contributed by atoms with Gasteiger partial charge in [0.05, 0.1) is 23.5 Å². The van der Waals surface area contributed by atoms with Gasteiger partial charge in [0, 0.05) is 13.6 Å². The van der Waals surface area contributed by atoms with Gasteiger partial charge in [0.15, 0.2) is 5.69 Å². The van der Waals surface area contributed by atoms with Gasteiger partial charge in [-0.25, -0.2) is 8.42 Å². The molecule has 0 unspecified atom stereocenters. The fourth-order valence-electron chi connectivity index (χ4n) is 3.03. The Morgan fingerprint density at radius 1 is 1.06 bits per heavy atom. The summed E-state index contributed by atoms with van der Waals surface area (Å²) in [6, 6.07) is 11.6. The van der Waals surface area contributed by atoms with Gasteiger partial charge in [-0.05, 0) is 36.4 Å². The van der Waals surface area contributed by atoms with Gasteiger partial charge in [-0.15, -0.1) is 4.91 Å². The van der Waals surface area contributed by atoms with Crippen LogP contribution in [0.4, 0.5) is 28.4 Å². The van der Waals surface area contributed by atoms with Crippen LogP contribution in [0, 0.1) is 4.91 Å². The van der Waals surface area contributed by atoms with Gasteiger partial charge in [-0.1, -0.05) is 34.3 Å². The molecule has 3 aromatic rings. The Morgan fingerprint density at radius 3 is 2.27 bits per heavy atom. The first kappa shape index (κ1) is 24.3. The third-order valence-corrected chi connectivity index (χ3v) is 7.01. The van der Waals surface area contributed by atoms with Crippen LogP contribution in [0.2, 0.25) is 5.02 Å². The van der Waals surface area contributed by atoms with Crippen LogP contribution in [0.25, 0.3) is 0 Å². The summed E-state index contributed by atoms with van der Waals surface area (Å²) in [5, 5.41) is 6.83. The minimum absolute atomic E-state index is 0.0454. The third-order valence-electron chi connectivity index (χ3n) is 4.83. The van der Waals surface area contributed by atoms with Crippen LogP contribution >= 0.6 is 11.6 Å². The zero-order valence-corrected chi connectivity index (χ0v) is 19.4. The first-order valence-corrected chi connectivity index (χ1v) is 11.4. The molecule has 0 aromatic heterocycles. The molecular weight excluding hydrogens is 474 g/mol. The number of hydrogen-bond acceptors (Lipinski definition) is 10. The average molecular weight is 494 g/mol. The molecule has 0 bridgehead atoms. The molecule has 0 amide bonds. The molecule has 13 heteroatoms. The maximum absolute atomic E-state index is 12.7. The number of benzene rings is 2. The van der Waals surface area contributed by atoms with E-state index < -0.39 is 31.5 Å². The van der Waals surface area contributed by atoms with Gasteiger partial charge < -0.3 is 5.32 Å². The fraction of sp³-hybridized carbons (Fsp3) is 0.200. The molecule has 0 aliphatic heterocycles. The summed E-state index contributed by atoms with van der Waals surface area (Å²) in [5.41, 5.74) is 1.13. The maximum Gasteiger partial charge on any atom is 0.268 e. The van der Waals surface area contributed by atoms with Crippen molar-refractivity contribution in [3.63, 3.8) is 0 Å². The van der Waals surface area contributed by atoms with Crippen molar-refractivity contribution in [2.75, 3.05) is 36.5 Å². The third kappa shape index (κ3) is 4.46. The fourth-order valence-corrected chi connectivity index (χ4v) is 4.64. The minimum Gasteiger partial charge on any atom is -0.348 e. The first-order valence-electron chi connectivity index (χ1n) is 9.55. The molecule has 0 radical (unpaired) electrons. The minimum atomic E-state index is -4.35. The van der Waals surface area contributed by atoms with E-state index in [1.165, 1.54) is 12.1 Å². The number of hydroxylamine groups is 1. The van der Waals surface area contributed by atoms with Crippen LogP contribution < -0.4 is 26.6 Å². The first-order chi connectivity index (χ1) is 15.7. The van der Waals surface area contributed by atoms with Gasteiger partial charge in [0.1, 0.15) is 16.3 Å². The van der Waals surface area contributed by atoms with Crippen molar-refractivity contribution < 1.29 is 13.3 Å². The number of sulfonamides is 1. The van der Waals surface area contributed by atoms with Crippen LogP contribution in [0.1, 0.15) is 6.92 Å². The molecular formula is C20H20ClN5O6S. The molecule has 3 rings (SSSR count). The molecule has 174 valence electrons. The van der Waals surface area contributed by atoms with Gasteiger partial charge in [0.25, 0.3) is 20.9 Å². The lowest BCUT2D eigenvalue weighted by atomic mass is 10.1. The smallest absolute Gasteiger partial charge is 0.268 e. The Morgan fingerprint density at radius 2 is 1.70 bits per heavy atom. The van der Waals surface area contributed by atoms with Crippen molar-refractivity contribution >= 4 is 50.1 Å². The summed E-state index contributed by atoms with van der Waals surface area (Å²) in [6.07, 6.45) is 0. The zero-order valence-electron chi connectivity index (χ0n) is 17.8. The van der Waals surface area contributed by atoms with Gasteiger partial charge >= 0.3 is 0 Å². The molecule has 33 heavy (non-hydrogen) atoms. The van der Waals surface area contributed by atoms with Gasteiger partial charge in [-0.2, -0.15) is 0 Å². The van der Waals surface area contributed by atoms with E-state index in [1.807, 2.05) is 37.3 Å². The highest BCUT2D eigenvalue weighted by Gasteiger charge is 2.31. The largest absolute Gasteiger partial charge is 0.348 e. The van der Waals surface area contributed by atoms with E-state index in [0.717, 1.165) is 19.8 Å². The molecule has 0 fully saturated rings. The topological polar surface area (TPSA) is 137 Å². The standard InChI is InChI=1S/C20H20ClN5O6S/c1-4-26(12-8-6-5-7-9-12)23-17-16(18(27)19(17)28)22-14-11-10-13(21)20(15(14)24-29)33(30,31)25(2)32-3/h5-11,22-23H,4H2,1-3H3. The van der Waals surface area contributed by atoms with Crippen LogP contribution in [0.3, 0.4) is 0 Å². The van der Waals surface area contributed by atoms with E-state index >= 15 is 0 Å². The van der Waals surface area contributed by atoms with E-state index in [-0.39, 0.29) is 22.1 Å². The lowest BCUT2D eigenvalue weighted by Crippen LogP contribution is -2.42. The summed E-state index contributed by atoms with van der Waals surface area (Å²) in [5.74, 6) is 0. The number of para-hydroxylation sites is 1. The molecule has 0 aliphatic rings. The Kier molecular flexibility index (Phi) is 7.12. The van der Waals surface area contributed by atoms with Crippen molar-refractivity contribution in [2.45, 2.75) is 11.8 Å². The summed E-state index contributed by atoms with van der Waals surface area (Å²) < 4.78 is 26.0. The SMILES string of the molecule is CCN(Nc1c(Nc2ccc(Cl)c(S(=O)(=O)N(C)OC)c2N=O)c(=O)c1=O)c1ccccc1.